The second-order valence-corrected chi connectivity index (χ2v) is 6.74. The van der Waals surface area contributed by atoms with Gasteiger partial charge in [-0.2, -0.15) is 5.26 Å². The normalized spacial score (nSPS) is 20.9. The number of hydrogen-bond donors (Lipinski definition) is 0. The minimum Gasteiger partial charge on any atom is -0.489 e. The zero-order chi connectivity index (χ0) is 13.6. The number of rotatable bonds is 2. The topological polar surface area (TPSA) is 33.0 Å². The van der Waals surface area contributed by atoms with Gasteiger partial charge in [0.25, 0.3) is 0 Å². The molecule has 1 aromatic rings. The summed E-state index contributed by atoms with van der Waals surface area (Å²) in [7, 11) is 0. The molecular weight excluding hydrogens is 222 g/mol. The highest BCUT2D eigenvalue weighted by Crippen LogP contribution is 2.55. The molecule has 2 rings (SSSR count). The fraction of sp³-hybridized carbons (Fsp3) is 0.562. The Kier molecular flexibility index (Phi) is 2.89. The number of nitriles is 1. The molecular formula is C16H21NO. The third-order valence-corrected chi connectivity index (χ3v) is 3.90. The molecule has 1 aliphatic carbocycles. The van der Waals surface area contributed by atoms with Crippen LogP contribution >= 0.6 is 0 Å². The van der Waals surface area contributed by atoms with Crippen molar-refractivity contribution in [2.75, 3.05) is 0 Å². The van der Waals surface area contributed by atoms with Crippen molar-refractivity contribution >= 4 is 0 Å². The van der Waals surface area contributed by atoms with E-state index in [1.807, 2.05) is 25.1 Å². The van der Waals surface area contributed by atoms with E-state index in [-0.39, 0.29) is 16.9 Å². The Bertz CT molecular complexity index is 494. The molecule has 0 heterocycles. The lowest BCUT2D eigenvalue weighted by molar-refractivity contribution is -0.133. The van der Waals surface area contributed by atoms with Crippen molar-refractivity contribution in [1.29, 1.82) is 5.26 Å². The molecule has 1 aliphatic rings. The number of ether oxygens (including phenoxy) is 1. The van der Waals surface area contributed by atoms with E-state index in [4.69, 9.17) is 10.00 Å². The van der Waals surface area contributed by atoms with Crippen LogP contribution in [0, 0.1) is 29.1 Å². The van der Waals surface area contributed by atoms with E-state index in [1.165, 1.54) is 6.42 Å². The quantitative estimate of drug-likeness (QED) is 0.784. The zero-order valence-electron chi connectivity index (χ0n) is 11.9. The fourth-order valence-electron chi connectivity index (χ4n) is 3.58. The summed E-state index contributed by atoms with van der Waals surface area (Å²) in [6.07, 6.45) is 1.41. The van der Waals surface area contributed by atoms with Crippen LogP contribution in [-0.2, 0) is 0 Å². The Balaban J connectivity index is 2.20. The van der Waals surface area contributed by atoms with Crippen molar-refractivity contribution in [2.24, 2.45) is 10.8 Å². The lowest BCUT2D eigenvalue weighted by atomic mass is 9.53. The molecule has 0 aromatic heterocycles. The first-order valence-corrected chi connectivity index (χ1v) is 6.44. The molecule has 0 bridgehead atoms. The van der Waals surface area contributed by atoms with Gasteiger partial charge in [-0.3, -0.25) is 0 Å². The Morgan fingerprint density at radius 2 is 1.83 bits per heavy atom. The molecule has 1 fully saturated rings. The summed E-state index contributed by atoms with van der Waals surface area (Å²) >= 11 is 0. The van der Waals surface area contributed by atoms with Gasteiger partial charge in [0, 0.05) is 10.8 Å². The smallest absolute Gasteiger partial charge is 0.120 e. The molecule has 18 heavy (non-hydrogen) atoms. The van der Waals surface area contributed by atoms with Crippen molar-refractivity contribution < 1.29 is 4.74 Å². The van der Waals surface area contributed by atoms with Crippen molar-refractivity contribution in [3.8, 4) is 11.8 Å². The summed E-state index contributed by atoms with van der Waals surface area (Å²) in [5.74, 6) is 0.873. The van der Waals surface area contributed by atoms with E-state index in [0.29, 0.717) is 0 Å². The van der Waals surface area contributed by atoms with Crippen LogP contribution in [0.25, 0.3) is 0 Å². The SMILES string of the molecule is Cc1cc(OC2C(C)(C)CC2(C)C)ccc1C#N. The van der Waals surface area contributed by atoms with Crippen LogP contribution in [0.2, 0.25) is 0 Å². The zero-order valence-corrected chi connectivity index (χ0v) is 11.9. The molecule has 1 saturated carbocycles. The van der Waals surface area contributed by atoms with Crippen LogP contribution in [0.1, 0.15) is 45.2 Å². The van der Waals surface area contributed by atoms with Crippen LogP contribution in [0.4, 0.5) is 0 Å². The lowest BCUT2D eigenvalue weighted by Crippen LogP contribution is -2.58. The molecule has 0 atom stereocenters. The standard InChI is InChI=1S/C16H21NO/c1-11-8-13(7-6-12(11)9-17)18-14-15(2,3)10-16(14,4)5/h6-8,14H,10H2,1-5H3. The van der Waals surface area contributed by atoms with Gasteiger partial charge in [-0.05, 0) is 37.1 Å². The molecule has 0 spiro atoms. The molecule has 0 radical (unpaired) electrons. The van der Waals surface area contributed by atoms with Gasteiger partial charge in [0.05, 0.1) is 11.6 Å². The second kappa shape index (κ2) is 4.02. The van der Waals surface area contributed by atoms with E-state index < -0.39 is 0 Å². The van der Waals surface area contributed by atoms with Gasteiger partial charge < -0.3 is 4.74 Å². The molecule has 0 aliphatic heterocycles. The average Bonchev–Trinajstić information content (AvgIpc) is 2.24. The maximum Gasteiger partial charge on any atom is 0.120 e. The fourth-order valence-corrected chi connectivity index (χ4v) is 3.58. The van der Waals surface area contributed by atoms with Gasteiger partial charge in [0.15, 0.2) is 0 Å². The van der Waals surface area contributed by atoms with E-state index in [0.717, 1.165) is 16.9 Å². The summed E-state index contributed by atoms with van der Waals surface area (Å²) in [6, 6.07) is 7.88. The summed E-state index contributed by atoms with van der Waals surface area (Å²) < 4.78 is 6.15. The van der Waals surface area contributed by atoms with E-state index >= 15 is 0 Å². The van der Waals surface area contributed by atoms with Crippen molar-refractivity contribution in [3.63, 3.8) is 0 Å². The van der Waals surface area contributed by atoms with Crippen LogP contribution in [0.3, 0.4) is 0 Å². The second-order valence-electron chi connectivity index (χ2n) is 6.74. The maximum atomic E-state index is 8.92. The molecule has 96 valence electrons. The third kappa shape index (κ3) is 2.10. The lowest BCUT2D eigenvalue weighted by Gasteiger charge is -2.56. The molecule has 0 amide bonds. The largest absolute Gasteiger partial charge is 0.489 e. The third-order valence-electron chi connectivity index (χ3n) is 3.90. The van der Waals surface area contributed by atoms with Crippen LogP contribution < -0.4 is 4.74 Å². The monoisotopic (exact) mass is 243 g/mol. The van der Waals surface area contributed by atoms with Gasteiger partial charge in [0.1, 0.15) is 11.9 Å². The van der Waals surface area contributed by atoms with E-state index in [1.54, 1.807) is 0 Å². The van der Waals surface area contributed by atoms with Gasteiger partial charge in [-0.25, -0.2) is 0 Å². The van der Waals surface area contributed by atoms with E-state index in [2.05, 4.69) is 33.8 Å². The Morgan fingerprint density at radius 1 is 1.22 bits per heavy atom. The number of aryl methyl sites for hydroxylation is 1. The molecule has 0 N–H and O–H groups in total. The Morgan fingerprint density at radius 3 is 2.28 bits per heavy atom. The maximum absolute atomic E-state index is 8.92. The number of hydrogen-bond acceptors (Lipinski definition) is 2. The summed E-state index contributed by atoms with van der Waals surface area (Å²) in [5, 5.41) is 8.92. The van der Waals surface area contributed by atoms with Crippen molar-refractivity contribution in [1.82, 2.24) is 0 Å². The highest BCUT2D eigenvalue weighted by molar-refractivity contribution is 5.42. The molecule has 2 nitrogen and oxygen atoms in total. The van der Waals surface area contributed by atoms with Crippen LogP contribution in [0.5, 0.6) is 5.75 Å². The van der Waals surface area contributed by atoms with Crippen molar-refractivity contribution in [3.05, 3.63) is 29.3 Å². The Hall–Kier alpha value is -1.49. The van der Waals surface area contributed by atoms with E-state index in [9.17, 15) is 0 Å². The summed E-state index contributed by atoms with van der Waals surface area (Å²) in [4.78, 5) is 0. The minimum atomic E-state index is 0.227. The number of benzene rings is 1. The first-order chi connectivity index (χ1) is 8.26. The molecule has 1 aromatic carbocycles. The van der Waals surface area contributed by atoms with Gasteiger partial charge >= 0.3 is 0 Å². The van der Waals surface area contributed by atoms with Crippen LogP contribution in [-0.4, -0.2) is 6.10 Å². The predicted octanol–water partition coefficient (Wildman–Crippen LogP) is 4.07. The molecule has 2 heteroatoms. The minimum absolute atomic E-state index is 0.227. The first-order valence-electron chi connectivity index (χ1n) is 6.44. The van der Waals surface area contributed by atoms with Gasteiger partial charge in [0.2, 0.25) is 0 Å². The summed E-state index contributed by atoms with van der Waals surface area (Å²) in [6.45, 7) is 10.9. The van der Waals surface area contributed by atoms with Gasteiger partial charge in [-0.15, -0.1) is 0 Å². The highest BCUT2D eigenvalue weighted by Gasteiger charge is 2.54. The highest BCUT2D eigenvalue weighted by atomic mass is 16.5. The number of nitrogens with zero attached hydrogens (tertiary/aromatic N) is 1. The van der Waals surface area contributed by atoms with Gasteiger partial charge in [-0.1, -0.05) is 27.7 Å². The molecule has 0 saturated heterocycles. The Labute approximate surface area is 110 Å². The van der Waals surface area contributed by atoms with Crippen LogP contribution in [0.15, 0.2) is 18.2 Å². The van der Waals surface area contributed by atoms with Crippen molar-refractivity contribution in [2.45, 2.75) is 47.1 Å². The first kappa shape index (κ1) is 13.0. The predicted molar refractivity (Wildman–Crippen MR) is 72.5 cm³/mol. The average molecular weight is 243 g/mol. The summed E-state index contributed by atoms with van der Waals surface area (Å²) in [5.41, 5.74) is 2.15. The molecule has 0 unspecified atom stereocenters.